The molecule has 0 aliphatic rings. The van der Waals surface area contributed by atoms with Gasteiger partial charge in [-0.2, -0.15) is 0 Å². The maximum Gasteiger partial charge on any atom is 0.224 e. The summed E-state index contributed by atoms with van der Waals surface area (Å²) < 4.78 is 0. The Bertz CT molecular complexity index is 355. The van der Waals surface area contributed by atoms with Crippen LogP contribution in [0.5, 0.6) is 0 Å². The van der Waals surface area contributed by atoms with Crippen LogP contribution in [-0.2, 0) is 11.2 Å². The summed E-state index contributed by atoms with van der Waals surface area (Å²) >= 11 is 0. The van der Waals surface area contributed by atoms with Gasteiger partial charge in [-0.3, -0.25) is 4.79 Å². The first kappa shape index (κ1) is 12.3. The van der Waals surface area contributed by atoms with Gasteiger partial charge in [0.1, 0.15) is 0 Å². The summed E-state index contributed by atoms with van der Waals surface area (Å²) in [6.07, 6.45) is 5.30. The topological polar surface area (TPSA) is 55.1 Å². The van der Waals surface area contributed by atoms with Gasteiger partial charge in [0.15, 0.2) is 0 Å². The van der Waals surface area contributed by atoms with E-state index in [1.54, 1.807) is 0 Å². The van der Waals surface area contributed by atoms with Crippen molar-refractivity contribution in [3.8, 4) is 0 Å². The summed E-state index contributed by atoms with van der Waals surface area (Å²) in [6, 6.07) is 7.37. The Kier molecular flexibility index (Phi) is 5.12. The van der Waals surface area contributed by atoms with E-state index in [0.717, 1.165) is 17.7 Å². The second-order valence-corrected chi connectivity index (χ2v) is 3.63. The lowest BCUT2D eigenvalue weighted by Gasteiger charge is -2.03. The lowest BCUT2D eigenvalue weighted by molar-refractivity contribution is -0.120. The van der Waals surface area contributed by atoms with Gasteiger partial charge in [-0.1, -0.05) is 24.3 Å². The smallest absolute Gasteiger partial charge is 0.224 e. The maximum atomic E-state index is 11.5. The minimum absolute atomic E-state index is 0.0503. The number of nitrogens with one attached hydrogen (secondary N) is 1. The molecule has 0 heterocycles. The molecule has 0 atom stereocenters. The number of nitrogen functional groups attached to an aromatic ring is 1. The summed E-state index contributed by atoms with van der Waals surface area (Å²) in [7, 11) is 0. The summed E-state index contributed by atoms with van der Waals surface area (Å²) in [5.41, 5.74) is 7.27. The molecule has 0 aliphatic heterocycles. The Balaban J connectivity index is 2.31. The van der Waals surface area contributed by atoms with Crippen LogP contribution in [0.15, 0.2) is 36.4 Å². The van der Waals surface area contributed by atoms with E-state index in [-0.39, 0.29) is 5.91 Å². The summed E-state index contributed by atoms with van der Waals surface area (Å²) in [4.78, 5) is 11.5. The second kappa shape index (κ2) is 6.67. The molecule has 1 amide bonds. The third-order valence-electron chi connectivity index (χ3n) is 2.21. The van der Waals surface area contributed by atoms with Crippen LogP contribution in [0.3, 0.4) is 0 Å². The molecule has 0 spiro atoms. The summed E-state index contributed by atoms with van der Waals surface area (Å²) in [6.45, 7) is 2.66. The van der Waals surface area contributed by atoms with Crippen LogP contribution in [0.4, 0.5) is 5.69 Å². The van der Waals surface area contributed by atoms with E-state index >= 15 is 0 Å². The highest BCUT2D eigenvalue weighted by Crippen LogP contribution is 2.05. The minimum Gasteiger partial charge on any atom is -0.399 e. The fourth-order valence-electron chi connectivity index (χ4n) is 1.34. The van der Waals surface area contributed by atoms with Crippen molar-refractivity contribution in [1.29, 1.82) is 0 Å². The van der Waals surface area contributed by atoms with Crippen molar-refractivity contribution in [2.75, 3.05) is 12.3 Å². The molecule has 3 heteroatoms. The van der Waals surface area contributed by atoms with Gasteiger partial charge < -0.3 is 11.1 Å². The van der Waals surface area contributed by atoms with Crippen LogP contribution in [0.1, 0.15) is 18.9 Å². The molecule has 1 aromatic carbocycles. The molecule has 0 aliphatic carbocycles. The average molecular weight is 218 g/mol. The molecule has 0 bridgehead atoms. The number of rotatable bonds is 5. The number of nitrogens with two attached hydrogens (primary N) is 1. The Morgan fingerprint density at radius 2 is 2.06 bits per heavy atom. The van der Waals surface area contributed by atoms with Gasteiger partial charge in [0.25, 0.3) is 0 Å². The van der Waals surface area contributed by atoms with Gasteiger partial charge in [-0.15, -0.1) is 0 Å². The minimum atomic E-state index is 0.0503. The number of amides is 1. The monoisotopic (exact) mass is 218 g/mol. The molecule has 0 radical (unpaired) electrons. The van der Waals surface area contributed by atoms with Gasteiger partial charge in [-0.25, -0.2) is 0 Å². The van der Waals surface area contributed by atoms with Gasteiger partial charge in [-0.05, 0) is 31.0 Å². The van der Waals surface area contributed by atoms with Crippen LogP contribution in [0, 0.1) is 0 Å². The lowest BCUT2D eigenvalue weighted by Crippen LogP contribution is -2.25. The third kappa shape index (κ3) is 4.64. The van der Waals surface area contributed by atoms with Crippen LogP contribution in [-0.4, -0.2) is 12.5 Å². The SMILES string of the molecule is C/C=C/CCNC(=O)Cc1ccc(N)cc1. The average Bonchev–Trinajstić information content (AvgIpc) is 2.28. The Hall–Kier alpha value is -1.77. The zero-order chi connectivity index (χ0) is 11.8. The zero-order valence-corrected chi connectivity index (χ0v) is 9.57. The molecule has 3 nitrogen and oxygen atoms in total. The lowest BCUT2D eigenvalue weighted by atomic mass is 10.1. The van der Waals surface area contributed by atoms with Crippen LogP contribution < -0.4 is 11.1 Å². The summed E-state index contributed by atoms with van der Waals surface area (Å²) in [5, 5.41) is 2.86. The molecule has 0 saturated heterocycles. The van der Waals surface area contributed by atoms with Crippen molar-refractivity contribution in [1.82, 2.24) is 5.32 Å². The van der Waals surface area contributed by atoms with Gasteiger partial charge in [0.2, 0.25) is 5.91 Å². The molecule has 0 aromatic heterocycles. The van der Waals surface area contributed by atoms with Crippen molar-refractivity contribution in [3.05, 3.63) is 42.0 Å². The standard InChI is InChI=1S/C13H18N2O/c1-2-3-4-9-15-13(16)10-11-5-7-12(14)8-6-11/h2-3,5-8H,4,9-10,14H2,1H3,(H,15,16)/b3-2+. The summed E-state index contributed by atoms with van der Waals surface area (Å²) in [5.74, 6) is 0.0503. The predicted molar refractivity (Wildman–Crippen MR) is 67.0 cm³/mol. The van der Waals surface area contributed by atoms with Crippen LogP contribution in [0.2, 0.25) is 0 Å². The molecular weight excluding hydrogens is 200 g/mol. The van der Waals surface area contributed by atoms with Gasteiger partial charge in [0, 0.05) is 12.2 Å². The highest BCUT2D eigenvalue weighted by Gasteiger charge is 2.01. The van der Waals surface area contributed by atoms with E-state index in [0.29, 0.717) is 13.0 Å². The molecule has 0 saturated carbocycles. The van der Waals surface area contributed by atoms with E-state index < -0.39 is 0 Å². The van der Waals surface area contributed by atoms with E-state index in [1.807, 2.05) is 43.3 Å². The number of allylic oxidation sites excluding steroid dienone is 1. The Morgan fingerprint density at radius 1 is 1.38 bits per heavy atom. The first-order valence-electron chi connectivity index (χ1n) is 5.44. The fourth-order valence-corrected chi connectivity index (χ4v) is 1.34. The third-order valence-corrected chi connectivity index (χ3v) is 2.21. The van der Waals surface area contributed by atoms with Crippen LogP contribution >= 0.6 is 0 Å². The largest absolute Gasteiger partial charge is 0.399 e. The van der Waals surface area contributed by atoms with Crippen molar-refractivity contribution in [2.24, 2.45) is 0 Å². The quantitative estimate of drug-likeness (QED) is 0.450. The number of anilines is 1. The zero-order valence-electron chi connectivity index (χ0n) is 9.57. The predicted octanol–water partition coefficient (Wildman–Crippen LogP) is 1.89. The number of hydrogen-bond acceptors (Lipinski definition) is 2. The Morgan fingerprint density at radius 3 is 2.69 bits per heavy atom. The van der Waals surface area contributed by atoms with Gasteiger partial charge >= 0.3 is 0 Å². The van der Waals surface area contributed by atoms with Crippen LogP contribution in [0.25, 0.3) is 0 Å². The first-order chi connectivity index (χ1) is 7.72. The molecular formula is C13H18N2O. The van der Waals surface area contributed by atoms with E-state index in [2.05, 4.69) is 5.32 Å². The van der Waals surface area contributed by atoms with E-state index in [9.17, 15) is 4.79 Å². The maximum absolute atomic E-state index is 11.5. The van der Waals surface area contributed by atoms with Gasteiger partial charge in [0.05, 0.1) is 6.42 Å². The Labute approximate surface area is 96.3 Å². The molecule has 0 unspecified atom stereocenters. The number of hydrogen-bond donors (Lipinski definition) is 2. The fraction of sp³-hybridized carbons (Fsp3) is 0.308. The molecule has 1 rings (SSSR count). The number of carbonyl (C=O) groups is 1. The molecule has 0 fully saturated rings. The van der Waals surface area contributed by atoms with E-state index in [4.69, 9.17) is 5.73 Å². The second-order valence-electron chi connectivity index (χ2n) is 3.63. The molecule has 3 N–H and O–H groups in total. The highest BCUT2D eigenvalue weighted by atomic mass is 16.1. The van der Waals surface area contributed by atoms with Crippen molar-refractivity contribution < 1.29 is 4.79 Å². The van der Waals surface area contributed by atoms with E-state index in [1.165, 1.54) is 0 Å². The van der Waals surface area contributed by atoms with Crippen molar-refractivity contribution >= 4 is 11.6 Å². The first-order valence-corrected chi connectivity index (χ1v) is 5.44. The molecule has 86 valence electrons. The molecule has 1 aromatic rings. The number of carbonyl (C=O) groups excluding carboxylic acids is 1. The molecule has 16 heavy (non-hydrogen) atoms. The van der Waals surface area contributed by atoms with Crippen molar-refractivity contribution in [3.63, 3.8) is 0 Å². The normalized spacial score (nSPS) is 10.6. The van der Waals surface area contributed by atoms with Crippen molar-refractivity contribution in [2.45, 2.75) is 19.8 Å². The highest BCUT2D eigenvalue weighted by molar-refractivity contribution is 5.78. The number of benzene rings is 1.